The Bertz CT molecular complexity index is 224. The highest BCUT2D eigenvalue weighted by Crippen LogP contribution is 2.20. The van der Waals surface area contributed by atoms with Crippen molar-refractivity contribution in [1.29, 1.82) is 0 Å². The number of esters is 1. The molecule has 0 saturated carbocycles. The summed E-state index contributed by atoms with van der Waals surface area (Å²) in [5, 5.41) is 0. The van der Waals surface area contributed by atoms with Crippen molar-refractivity contribution in [3.8, 4) is 0 Å². The van der Waals surface area contributed by atoms with E-state index in [-0.39, 0.29) is 12.2 Å². The van der Waals surface area contributed by atoms with Crippen LogP contribution >= 0.6 is 0 Å². The Kier molecular flexibility index (Phi) is 4.64. The molecule has 1 unspecified atom stereocenters. The molecule has 0 aliphatic carbocycles. The number of cyclic esters (lactones) is 1. The van der Waals surface area contributed by atoms with Gasteiger partial charge in [0.15, 0.2) is 6.23 Å². The van der Waals surface area contributed by atoms with Crippen molar-refractivity contribution in [2.45, 2.75) is 64.0 Å². The van der Waals surface area contributed by atoms with E-state index in [1.165, 1.54) is 38.5 Å². The highest BCUT2D eigenvalue weighted by Gasteiger charge is 2.24. The molecular formula is C13H23NO2. The Labute approximate surface area is 98.1 Å². The molecule has 0 aromatic rings. The van der Waals surface area contributed by atoms with E-state index in [1.54, 1.807) is 0 Å². The van der Waals surface area contributed by atoms with Crippen molar-refractivity contribution >= 4 is 5.97 Å². The predicted octanol–water partition coefficient (Wildman–Crippen LogP) is 2.70. The average molecular weight is 225 g/mol. The Morgan fingerprint density at radius 2 is 1.62 bits per heavy atom. The molecule has 0 radical (unpaired) electrons. The molecule has 2 aliphatic rings. The van der Waals surface area contributed by atoms with Crippen molar-refractivity contribution < 1.29 is 9.53 Å². The van der Waals surface area contributed by atoms with Gasteiger partial charge in [0.1, 0.15) is 0 Å². The topological polar surface area (TPSA) is 29.5 Å². The lowest BCUT2D eigenvalue weighted by Crippen LogP contribution is -2.36. The molecule has 0 amide bonds. The Hall–Kier alpha value is -0.570. The van der Waals surface area contributed by atoms with Gasteiger partial charge >= 0.3 is 5.97 Å². The minimum absolute atomic E-state index is 0.0128. The molecule has 2 aliphatic heterocycles. The van der Waals surface area contributed by atoms with Crippen LogP contribution in [0.1, 0.15) is 57.8 Å². The van der Waals surface area contributed by atoms with Crippen LogP contribution in [0.2, 0.25) is 0 Å². The van der Waals surface area contributed by atoms with Crippen molar-refractivity contribution in [3.63, 3.8) is 0 Å². The number of ether oxygens (including phenoxy) is 1. The first kappa shape index (κ1) is 11.9. The number of carbonyl (C=O) groups is 1. The second-order valence-electron chi connectivity index (χ2n) is 4.99. The van der Waals surface area contributed by atoms with Gasteiger partial charge in [0, 0.05) is 19.5 Å². The van der Waals surface area contributed by atoms with Crippen molar-refractivity contribution in [3.05, 3.63) is 0 Å². The number of rotatable bonds is 1. The predicted molar refractivity (Wildman–Crippen MR) is 63.0 cm³/mol. The zero-order valence-corrected chi connectivity index (χ0v) is 10.1. The minimum Gasteiger partial charge on any atom is -0.446 e. The van der Waals surface area contributed by atoms with E-state index < -0.39 is 0 Å². The largest absolute Gasteiger partial charge is 0.446 e. The SMILES string of the molecule is O=C1CCCCCCCC(N2CCCC2)O1. The van der Waals surface area contributed by atoms with Gasteiger partial charge in [-0.1, -0.05) is 19.3 Å². The van der Waals surface area contributed by atoms with Gasteiger partial charge in [-0.3, -0.25) is 9.69 Å². The summed E-state index contributed by atoms with van der Waals surface area (Å²) in [6.45, 7) is 2.22. The fourth-order valence-corrected chi connectivity index (χ4v) is 2.67. The number of hydrogen-bond acceptors (Lipinski definition) is 3. The van der Waals surface area contributed by atoms with E-state index in [1.807, 2.05) is 0 Å². The van der Waals surface area contributed by atoms with Crippen LogP contribution in [0, 0.1) is 0 Å². The van der Waals surface area contributed by atoms with E-state index in [0.717, 1.165) is 25.9 Å². The summed E-state index contributed by atoms with van der Waals surface area (Å²) in [6, 6.07) is 0. The first-order valence-corrected chi connectivity index (χ1v) is 6.80. The molecule has 2 heterocycles. The molecule has 1 atom stereocenters. The molecule has 3 nitrogen and oxygen atoms in total. The maximum atomic E-state index is 11.6. The molecule has 0 aromatic heterocycles. The standard InChI is InChI=1S/C13H23NO2/c15-13-9-5-3-1-2-4-8-12(16-13)14-10-6-7-11-14/h12H,1-11H2. The van der Waals surface area contributed by atoms with Crippen LogP contribution in [0.5, 0.6) is 0 Å². The molecule has 0 spiro atoms. The third kappa shape index (κ3) is 3.48. The number of likely N-dealkylation sites (tertiary alicyclic amines) is 1. The van der Waals surface area contributed by atoms with Gasteiger partial charge in [-0.15, -0.1) is 0 Å². The van der Waals surface area contributed by atoms with Crippen LogP contribution in [0.4, 0.5) is 0 Å². The van der Waals surface area contributed by atoms with E-state index in [0.29, 0.717) is 6.42 Å². The fourth-order valence-electron chi connectivity index (χ4n) is 2.67. The maximum Gasteiger partial charge on any atom is 0.307 e. The summed E-state index contributed by atoms with van der Waals surface area (Å²) in [6.07, 6.45) is 10.2. The highest BCUT2D eigenvalue weighted by atomic mass is 16.6. The normalized spacial score (nSPS) is 30.0. The summed E-state index contributed by atoms with van der Waals surface area (Å²) < 4.78 is 5.60. The summed E-state index contributed by atoms with van der Waals surface area (Å²) in [4.78, 5) is 14.0. The molecule has 0 N–H and O–H groups in total. The van der Waals surface area contributed by atoms with E-state index in [4.69, 9.17) is 4.74 Å². The zero-order chi connectivity index (χ0) is 11.2. The molecule has 2 saturated heterocycles. The second-order valence-corrected chi connectivity index (χ2v) is 4.99. The number of nitrogens with zero attached hydrogens (tertiary/aromatic N) is 1. The highest BCUT2D eigenvalue weighted by molar-refractivity contribution is 5.69. The first-order valence-electron chi connectivity index (χ1n) is 6.80. The van der Waals surface area contributed by atoms with E-state index in [2.05, 4.69) is 4.90 Å². The van der Waals surface area contributed by atoms with Gasteiger partial charge in [-0.25, -0.2) is 0 Å². The Morgan fingerprint density at radius 1 is 0.938 bits per heavy atom. The third-order valence-electron chi connectivity index (χ3n) is 3.65. The van der Waals surface area contributed by atoms with Crippen molar-refractivity contribution in [1.82, 2.24) is 4.90 Å². The number of carbonyl (C=O) groups excluding carboxylic acids is 1. The van der Waals surface area contributed by atoms with E-state index in [9.17, 15) is 4.79 Å². The number of hydrogen-bond donors (Lipinski definition) is 0. The first-order chi connectivity index (χ1) is 7.86. The van der Waals surface area contributed by atoms with Gasteiger partial charge < -0.3 is 4.74 Å². The van der Waals surface area contributed by atoms with Crippen LogP contribution in [0.25, 0.3) is 0 Å². The Morgan fingerprint density at radius 3 is 2.44 bits per heavy atom. The van der Waals surface area contributed by atoms with E-state index >= 15 is 0 Å². The smallest absolute Gasteiger partial charge is 0.307 e. The van der Waals surface area contributed by atoms with Gasteiger partial charge in [-0.2, -0.15) is 0 Å². The molecule has 2 rings (SSSR count). The summed E-state index contributed by atoms with van der Waals surface area (Å²) in [7, 11) is 0. The quantitative estimate of drug-likeness (QED) is 0.643. The summed E-state index contributed by atoms with van der Waals surface area (Å²) >= 11 is 0. The minimum atomic E-state index is 0.0128. The molecule has 3 heteroatoms. The molecular weight excluding hydrogens is 202 g/mol. The molecule has 92 valence electrons. The molecule has 0 aromatic carbocycles. The zero-order valence-electron chi connectivity index (χ0n) is 10.1. The van der Waals surface area contributed by atoms with Gasteiger partial charge in [-0.05, 0) is 32.1 Å². The lowest BCUT2D eigenvalue weighted by molar-refractivity contribution is -0.159. The van der Waals surface area contributed by atoms with Crippen LogP contribution in [0.3, 0.4) is 0 Å². The average Bonchev–Trinajstić information content (AvgIpc) is 2.80. The lowest BCUT2D eigenvalue weighted by Gasteiger charge is -2.27. The molecule has 16 heavy (non-hydrogen) atoms. The molecule has 0 bridgehead atoms. The van der Waals surface area contributed by atoms with Crippen LogP contribution in [-0.4, -0.2) is 30.2 Å². The van der Waals surface area contributed by atoms with Crippen molar-refractivity contribution in [2.24, 2.45) is 0 Å². The van der Waals surface area contributed by atoms with Crippen LogP contribution in [0.15, 0.2) is 0 Å². The summed E-state index contributed by atoms with van der Waals surface area (Å²) in [5.74, 6) is 0.0128. The third-order valence-corrected chi connectivity index (χ3v) is 3.65. The monoisotopic (exact) mass is 225 g/mol. The lowest BCUT2D eigenvalue weighted by atomic mass is 10.1. The Balaban J connectivity index is 1.88. The fraction of sp³-hybridized carbons (Fsp3) is 0.923. The van der Waals surface area contributed by atoms with Gasteiger partial charge in [0.05, 0.1) is 0 Å². The second kappa shape index (κ2) is 6.24. The maximum absolute atomic E-state index is 11.6. The van der Waals surface area contributed by atoms with Crippen LogP contribution < -0.4 is 0 Å². The van der Waals surface area contributed by atoms with Gasteiger partial charge in [0.2, 0.25) is 0 Å². The summed E-state index contributed by atoms with van der Waals surface area (Å²) in [5.41, 5.74) is 0. The van der Waals surface area contributed by atoms with Crippen LogP contribution in [-0.2, 0) is 9.53 Å². The molecule has 2 fully saturated rings. The van der Waals surface area contributed by atoms with Crippen molar-refractivity contribution in [2.75, 3.05) is 13.1 Å². The van der Waals surface area contributed by atoms with Gasteiger partial charge in [0.25, 0.3) is 0 Å².